The van der Waals surface area contributed by atoms with Crippen molar-refractivity contribution in [2.45, 2.75) is 25.2 Å². The molecule has 0 aromatic heterocycles. The van der Waals surface area contributed by atoms with Crippen molar-refractivity contribution in [1.82, 2.24) is 0 Å². The van der Waals surface area contributed by atoms with Gasteiger partial charge in [0.2, 0.25) is 0 Å². The predicted molar refractivity (Wildman–Crippen MR) is 85.6 cm³/mol. The fourth-order valence-corrected chi connectivity index (χ4v) is 3.20. The molecule has 2 aromatic carbocycles. The smallest absolute Gasteiger partial charge is 0.194 e. The third-order valence-electron chi connectivity index (χ3n) is 3.93. The van der Waals surface area contributed by atoms with E-state index in [0.717, 1.165) is 0 Å². The second-order valence-corrected chi connectivity index (χ2v) is 6.37. The molecule has 3 rings (SSSR count). The van der Waals surface area contributed by atoms with Crippen LogP contribution in [0.1, 0.15) is 46.7 Å². The SMILES string of the molecule is O=C(c1ccc(C2CCC2)cc1)c1ccc(F)cc1I. The summed E-state index contributed by atoms with van der Waals surface area (Å²) >= 11 is 2.00. The van der Waals surface area contributed by atoms with Gasteiger partial charge in [0.25, 0.3) is 0 Å². The van der Waals surface area contributed by atoms with E-state index in [1.165, 1.54) is 37.0 Å². The van der Waals surface area contributed by atoms with Crippen molar-refractivity contribution in [1.29, 1.82) is 0 Å². The standard InChI is InChI=1S/C17H14FIO/c18-14-8-9-15(16(19)10-14)17(20)13-6-4-12(5-7-13)11-2-1-3-11/h4-11H,1-3H2. The Kier molecular flexibility index (Phi) is 3.87. The molecule has 1 aliphatic carbocycles. The lowest BCUT2D eigenvalue weighted by molar-refractivity contribution is 0.103. The lowest BCUT2D eigenvalue weighted by atomic mass is 9.80. The van der Waals surface area contributed by atoms with Crippen LogP contribution in [0.25, 0.3) is 0 Å². The molecule has 0 aliphatic heterocycles. The summed E-state index contributed by atoms with van der Waals surface area (Å²) in [5, 5.41) is 0. The normalized spacial score (nSPS) is 14.9. The fourth-order valence-electron chi connectivity index (χ4n) is 2.48. The van der Waals surface area contributed by atoms with Gasteiger partial charge in [-0.15, -0.1) is 0 Å². The minimum atomic E-state index is -0.314. The van der Waals surface area contributed by atoms with E-state index < -0.39 is 0 Å². The molecular weight excluding hydrogens is 366 g/mol. The van der Waals surface area contributed by atoms with Crippen LogP contribution in [-0.4, -0.2) is 5.78 Å². The van der Waals surface area contributed by atoms with Crippen LogP contribution in [-0.2, 0) is 0 Å². The van der Waals surface area contributed by atoms with Crippen LogP contribution in [0.5, 0.6) is 0 Å². The second kappa shape index (κ2) is 5.64. The highest BCUT2D eigenvalue weighted by atomic mass is 127. The number of carbonyl (C=O) groups is 1. The summed E-state index contributed by atoms with van der Waals surface area (Å²) < 4.78 is 13.7. The van der Waals surface area contributed by atoms with Crippen molar-refractivity contribution in [3.63, 3.8) is 0 Å². The lowest BCUT2D eigenvalue weighted by Crippen LogP contribution is -2.09. The van der Waals surface area contributed by atoms with E-state index in [4.69, 9.17) is 0 Å². The van der Waals surface area contributed by atoms with Gasteiger partial charge < -0.3 is 0 Å². The highest BCUT2D eigenvalue weighted by Gasteiger charge is 2.20. The first-order valence-corrected chi connectivity index (χ1v) is 7.83. The molecule has 0 atom stereocenters. The van der Waals surface area contributed by atoms with Crippen molar-refractivity contribution in [2.75, 3.05) is 0 Å². The number of halogens is 2. The molecule has 0 heterocycles. The van der Waals surface area contributed by atoms with Crippen molar-refractivity contribution in [3.05, 3.63) is 68.5 Å². The zero-order valence-corrected chi connectivity index (χ0v) is 13.1. The van der Waals surface area contributed by atoms with Crippen LogP contribution < -0.4 is 0 Å². The monoisotopic (exact) mass is 380 g/mol. The van der Waals surface area contributed by atoms with Gasteiger partial charge >= 0.3 is 0 Å². The highest BCUT2D eigenvalue weighted by Crippen LogP contribution is 2.36. The number of hydrogen-bond acceptors (Lipinski definition) is 1. The Morgan fingerprint density at radius 2 is 1.80 bits per heavy atom. The van der Waals surface area contributed by atoms with Gasteiger partial charge in [-0.2, -0.15) is 0 Å². The Morgan fingerprint density at radius 3 is 2.35 bits per heavy atom. The maximum atomic E-state index is 13.1. The van der Waals surface area contributed by atoms with Crippen molar-refractivity contribution in [3.8, 4) is 0 Å². The quantitative estimate of drug-likeness (QED) is 0.545. The molecule has 2 aromatic rings. The molecule has 0 saturated heterocycles. The summed E-state index contributed by atoms with van der Waals surface area (Å²) in [5.41, 5.74) is 2.54. The van der Waals surface area contributed by atoms with Crippen molar-refractivity contribution < 1.29 is 9.18 Å². The maximum Gasteiger partial charge on any atom is 0.194 e. The highest BCUT2D eigenvalue weighted by molar-refractivity contribution is 14.1. The largest absolute Gasteiger partial charge is 0.289 e. The molecule has 0 spiro atoms. The van der Waals surface area contributed by atoms with Crippen LogP contribution in [0.2, 0.25) is 0 Å². The molecule has 0 radical (unpaired) electrons. The minimum absolute atomic E-state index is 0.0467. The molecule has 0 bridgehead atoms. The van der Waals surface area contributed by atoms with E-state index in [-0.39, 0.29) is 11.6 Å². The zero-order chi connectivity index (χ0) is 14.1. The van der Waals surface area contributed by atoms with E-state index in [9.17, 15) is 9.18 Å². The van der Waals surface area contributed by atoms with Crippen LogP contribution in [0.4, 0.5) is 4.39 Å². The molecule has 0 amide bonds. The Hall–Kier alpha value is -1.23. The van der Waals surface area contributed by atoms with E-state index in [0.29, 0.717) is 20.6 Å². The predicted octanol–water partition coefficient (Wildman–Crippen LogP) is 4.93. The minimum Gasteiger partial charge on any atom is -0.289 e. The third kappa shape index (κ3) is 2.64. The molecule has 1 aliphatic rings. The van der Waals surface area contributed by atoms with Crippen molar-refractivity contribution >= 4 is 28.4 Å². The lowest BCUT2D eigenvalue weighted by Gasteiger charge is -2.25. The molecule has 0 unspecified atom stereocenters. The average Bonchev–Trinajstić information content (AvgIpc) is 2.37. The number of carbonyl (C=O) groups excluding carboxylic acids is 1. The van der Waals surface area contributed by atoms with Gasteiger partial charge in [0.1, 0.15) is 5.82 Å². The first kappa shape index (κ1) is 13.7. The van der Waals surface area contributed by atoms with E-state index >= 15 is 0 Å². The molecule has 0 N–H and O–H groups in total. The molecule has 3 heteroatoms. The molecule has 1 fully saturated rings. The van der Waals surface area contributed by atoms with Crippen molar-refractivity contribution in [2.24, 2.45) is 0 Å². The zero-order valence-electron chi connectivity index (χ0n) is 10.9. The van der Waals surface area contributed by atoms with Crippen LogP contribution in [0.15, 0.2) is 42.5 Å². The maximum absolute atomic E-state index is 13.1. The molecular formula is C17H14FIO. The molecule has 1 saturated carbocycles. The average molecular weight is 380 g/mol. The van der Waals surface area contributed by atoms with E-state index in [2.05, 4.69) is 0 Å². The Bertz CT molecular complexity index is 645. The van der Waals surface area contributed by atoms with Gasteiger partial charge in [-0.3, -0.25) is 4.79 Å². The summed E-state index contributed by atoms with van der Waals surface area (Å²) in [6, 6.07) is 12.1. The summed E-state index contributed by atoms with van der Waals surface area (Å²) in [4.78, 5) is 12.4. The van der Waals surface area contributed by atoms with E-state index in [1.807, 2.05) is 46.9 Å². The summed E-state index contributed by atoms with van der Waals surface area (Å²) in [5.74, 6) is 0.311. The molecule has 20 heavy (non-hydrogen) atoms. The third-order valence-corrected chi connectivity index (χ3v) is 4.82. The number of ketones is 1. The fraction of sp³-hybridized carbons (Fsp3) is 0.235. The van der Waals surface area contributed by atoms with Crippen LogP contribution in [0, 0.1) is 9.39 Å². The van der Waals surface area contributed by atoms with Gasteiger partial charge in [-0.25, -0.2) is 4.39 Å². The topological polar surface area (TPSA) is 17.1 Å². The second-order valence-electron chi connectivity index (χ2n) is 5.20. The van der Waals surface area contributed by atoms with Gasteiger partial charge in [-0.1, -0.05) is 30.7 Å². The van der Waals surface area contributed by atoms with Gasteiger partial charge in [-0.05, 0) is 65.1 Å². The van der Waals surface area contributed by atoms with Gasteiger partial charge in [0.05, 0.1) is 0 Å². The molecule has 102 valence electrons. The van der Waals surface area contributed by atoms with Gasteiger partial charge in [0.15, 0.2) is 5.78 Å². The summed E-state index contributed by atoms with van der Waals surface area (Å²) in [7, 11) is 0. The Labute approximate surface area is 131 Å². The van der Waals surface area contributed by atoms with Crippen LogP contribution in [0.3, 0.4) is 0 Å². The number of rotatable bonds is 3. The van der Waals surface area contributed by atoms with Gasteiger partial charge in [0, 0.05) is 14.7 Å². The Morgan fingerprint density at radius 1 is 1.10 bits per heavy atom. The first-order valence-electron chi connectivity index (χ1n) is 6.75. The van der Waals surface area contributed by atoms with Crippen LogP contribution >= 0.6 is 22.6 Å². The Balaban J connectivity index is 1.86. The summed E-state index contributed by atoms with van der Waals surface area (Å²) in [6.45, 7) is 0. The first-order chi connectivity index (χ1) is 9.65. The van der Waals surface area contributed by atoms with E-state index in [1.54, 1.807) is 6.07 Å². The molecule has 1 nitrogen and oxygen atoms in total. The summed E-state index contributed by atoms with van der Waals surface area (Å²) in [6.07, 6.45) is 3.81. The number of hydrogen-bond donors (Lipinski definition) is 0. The number of benzene rings is 2.